The maximum Gasteiger partial charge on any atom is 0.200 e. The average Bonchev–Trinajstić information content (AvgIpc) is 3.11. The third-order valence-corrected chi connectivity index (χ3v) is 4.39. The highest BCUT2D eigenvalue weighted by molar-refractivity contribution is 5.94. The lowest BCUT2D eigenvalue weighted by Gasteiger charge is -2.10. The van der Waals surface area contributed by atoms with Gasteiger partial charge in [-0.3, -0.25) is 4.98 Å². The maximum atomic E-state index is 4.74. The third-order valence-electron chi connectivity index (χ3n) is 4.39. The van der Waals surface area contributed by atoms with E-state index in [1.54, 1.807) is 17.0 Å². The highest BCUT2D eigenvalue weighted by Gasteiger charge is 2.18. The summed E-state index contributed by atoms with van der Waals surface area (Å²) in [6.45, 7) is 9.66. The first kappa shape index (κ1) is 14.8. The van der Waals surface area contributed by atoms with Gasteiger partial charge in [0.25, 0.3) is 0 Å². The Labute approximate surface area is 140 Å². The Morgan fingerprint density at radius 3 is 2.62 bits per heavy atom. The molecule has 0 aliphatic rings. The first-order chi connectivity index (χ1) is 11.6. The average molecular weight is 320 g/mol. The lowest BCUT2D eigenvalue weighted by atomic mass is 10.2. The van der Waals surface area contributed by atoms with Gasteiger partial charge in [0.2, 0.25) is 5.82 Å². The van der Waals surface area contributed by atoms with Gasteiger partial charge in [-0.2, -0.15) is 0 Å². The largest absolute Gasteiger partial charge is 0.329 e. The standard InChI is InChI=1S/C18H20N6/c1-11(2)9-23-13(4)12(3)15-17(23)20-10-24-18(15)21-16(22-24)14-7-5-6-8-19-14/h5-8,10-11H,9H2,1-4H3. The highest BCUT2D eigenvalue weighted by Crippen LogP contribution is 2.28. The molecule has 4 heterocycles. The molecule has 0 spiro atoms. The van der Waals surface area contributed by atoms with Crippen LogP contribution in [0.4, 0.5) is 0 Å². The molecule has 0 aromatic carbocycles. The first-order valence-corrected chi connectivity index (χ1v) is 8.18. The second-order valence-corrected chi connectivity index (χ2v) is 6.58. The molecule has 0 unspecified atom stereocenters. The Bertz CT molecular complexity index is 1030. The summed E-state index contributed by atoms with van der Waals surface area (Å²) in [5, 5.41) is 5.62. The van der Waals surface area contributed by atoms with Crippen molar-refractivity contribution in [3.63, 3.8) is 0 Å². The van der Waals surface area contributed by atoms with Crippen LogP contribution in [0, 0.1) is 19.8 Å². The van der Waals surface area contributed by atoms with E-state index in [-0.39, 0.29) is 0 Å². The smallest absolute Gasteiger partial charge is 0.200 e. The zero-order valence-electron chi connectivity index (χ0n) is 14.4. The number of hydrogen-bond acceptors (Lipinski definition) is 4. The van der Waals surface area contributed by atoms with E-state index in [9.17, 15) is 0 Å². The van der Waals surface area contributed by atoms with Crippen LogP contribution >= 0.6 is 0 Å². The Morgan fingerprint density at radius 2 is 1.92 bits per heavy atom. The van der Waals surface area contributed by atoms with Gasteiger partial charge in [-0.25, -0.2) is 14.5 Å². The van der Waals surface area contributed by atoms with Crippen LogP contribution in [0.3, 0.4) is 0 Å². The fraction of sp³-hybridized carbons (Fsp3) is 0.333. The topological polar surface area (TPSA) is 60.9 Å². The number of hydrogen-bond donors (Lipinski definition) is 0. The summed E-state index contributed by atoms with van der Waals surface area (Å²) < 4.78 is 4.03. The molecule has 6 nitrogen and oxygen atoms in total. The van der Waals surface area contributed by atoms with Crippen molar-refractivity contribution in [3.8, 4) is 11.5 Å². The van der Waals surface area contributed by atoms with Gasteiger partial charge >= 0.3 is 0 Å². The first-order valence-electron chi connectivity index (χ1n) is 8.18. The summed E-state index contributed by atoms with van der Waals surface area (Å²) in [5.41, 5.74) is 5.03. The van der Waals surface area contributed by atoms with Crippen molar-refractivity contribution in [2.45, 2.75) is 34.2 Å². The zero-order valence-corrected chi connectivity index (χ0v) is 14.4. The van der Waals surface area contributed by atoms with E-state index in [0.717, 1.165) is 28.9 Å². The molecule has 0 fully saturated rings. The van der Waals surface area contributed by atoms with Crippen LogP contribution in [0.5, 0.6) is 0 Å². The van der Waals surface area contributed by atoms with Gasteiger partial charge in [0.05, 0.1) is 5.39 Å². The predicted molar refractivity (Wildman–Crippen MR) is 93.8 cm³/mol. The van der Waals surface area contributed by atoms with Crippen molar-refractivity contribution in [1.29, 1.82) is 0 Å². The summed E-state index contributed by atoms with van der Waals surface area (Å²) in [5.74, 6) is 1.18. The van der Waals surface area contributed by atoms with E-state index in [4.69, 9.17) is 4.98 Å². The van der Waals surface area contributed by atoms with Gasteiger partial charge in [0, 0.05) is 18.4 Å². The number of nitrogens with zero attached hydrogens (tertiary/aromatic N) is 6. The molecule has 4 aromatic heterocycles. The van der Waals surface area contributed by atoms with Gasteiger partial charge in [-0.1, -0.05) is 19.9 Å². The van der Waals surface area contributed by atoms with E-state index < -0.39 is 0 Å². The summed E-state index contributed by atoms with van der Waals surface area (Å²) in [4.78, 5) is 13.7. The molecule has 4 aromatic rings. The number of fused-ring (bicyclic) bond motifs is 3. The van der Waals surface area contributed by atoms with Gasteiger partial charge in [0.1, 0.15) is 17.7 Å². The predicted octanol–water partition coefficient (Wildman–Crippen LogP) is 3.41. The molecule has 6 heteroatoms. The van der Waals surface area contributed by atoms with E-state index in [0.29, 0.717) is 11.7 Å². The van der Waals surface area contributed by atoms with Crippen molar-refractivity contribution in [1.82, 2.24) is 29.1 Å². The van der Waals surface area contributed by atoms with Gasteiger partial charge in [-0.15, -0.1) is 5.10 Å². The summed E-state index contributed by atoms with van der Waals surface area (Å²) in [6.07, 6.45) is 3.50. The Balaban J connectivity index is 1.99. The second kappa shape index (κ2) is 5.40. The molecular weight excluding hydrogens is 300 g/mol. The lowest BCUT2D eigenvalue weighted by Crippen LogP contribution is -2.07. The second-order valence-electron chi connectivity index (χ2n) is 6.58. The zero-order chi connectivity index (χ0) is 16.8. The van der Waals surface area contributed by atoms with Crippen LogP contribution in [0.2, 0.25) is 0 Å². The van der Waals surface area contributed by atoms with Gasteiger partial charge < -0.3 is 4.57 Å². The molecule has 0 N–H and O–H groups in total. The molecule has 0 atom stereocenters. The van der Waals surface area contributed by atoms with Crippen LogP contribution in [-0.4, -0.2) is 29.1 Å². The molecule has 122 valence electrons. The summed E-state index contributed by atoms with van der Waals surface area (Å²) in [6, 6.07) is 5.75. The minimum Gasteiger partial charge on any atom is -0.329 e. The van der Waals surface area contributed by atoms with Crippen LogP contribution < -0.4 is 0 Å². The quantitative estimate of drug-likeness (QED) is 0.580. The monoisotopic (exact) mass is 320 g/mol. The maximum absolute atomic E-state index is 4.74. The van der Waals surface area contributed by atoms with Crippen molar-refractivity contribution in [2.24, 2.45) is 5.92 Å². The van der Waals surface area contributed by atoms with Crippen molar-refractivity contribution in [2.75, 3.05) is 0 Å². The van der Waals surface area contributed by atoms with Crippen molar-refractivity contribution < 1.29 is 0 Å². The van der Waals surface area contributed by atoms with Crippen LogP contribution in [0.25, 0.3) is 28.2 Å². The molecular formula is C18H20N6. The number of aryl methyl sites for hydroxylation is 1. The lowest BCUT2D eigenvalue weighted by molar-refractivity contribution is 0.524. The fourth-order valence-corrected chi connectivity index (χ4v) is 3.12. The summed E-state index contributed by atoms with van der Waals surface area (Å²) >= 11 is 0. The Hall–Kier alpha value is -2.76. The third kappa shape index (κ3) is 2.18. The van der Waals surface area contributed by atoms with Crippen LogP contribution in [0.15, 0.2) is 30.7 Å². The molecule has 0 aliphatic heterocycles. The number of aromatic nitrogens is 6. The Morgan fingerprint density at radius 1 is 1.08 bits per heavy atom. The Kier molecular flexibility index (Phi) is 3.33. The summed E-state index contributed by atoms with van der Waals surface area (Å²) in [7, 11) is 0. The molecule has 0 saturated heterocycles. The van der Waals surface area contributed by atoms with Crippen molar-refractivity contribution in [3.05, 3.63) is 42.0 Å². The number of rotatable bonds is 3. The molecule has 0 saturated carbocycles. The normalized spacial score (nSPS) is 11.9. The van der Waals surface area contributed by atoms with Crippen molar-refractivity contribution >= 4 is 16.7 Å². The van der Waals surface area contributed by atoms with Crippen LogP contribution in [-0.2, 0) is 6.54 Å². The van der Waals surface area contributed by atoms with E-state index in [1.165, 1.54) is 11.3 Å². The molecule has 0 radical (unpaired) electrons. The van der Waals surface area contributed by atoms with E-state index in [1.807, 2.05) is 18.2 Å². The minimum atomic E-state index is 0.554. The minimum absolute atomic E-state index is 0.554. The van der Waals surface area contributed by atoms with E-state index >= 15 is 0 Å². The number of pyridine rings is 1. The van der Waals surface area contributed by atoms with Crippen LogP contribution in [0.1, 0.15) is 25.1 Å². The molecule has 0 aliphatic carbocycles. The SMILES string of the molecule is Cc1c(C)n(CC(C)C)c2ncn3nc(-c4ccccn4)nc3c12. The molecule has 0 amide bonds. The van der Waals surface area contributed by atoms with E-state index in [2.05, 4.69) is 47.3 Å². The highest BCUT2D eigenvalue weighted by atomic mass is 15.3. The molecule has 4 rings (SSSR count). The van der Waals surface area contributed by atoms with Gasteiger partial charge in [-0.05, 0) is 37.5 Å². The fourth-order valence-electron chi connectivity index (χ4n) is 3.12. The molecule has 24 heavy (non-hydrogen) atoms. The molecule has 0 bridgehead atoms. The van der Waals surface area contributed by atoms with Gasteiger partial charge in [0.15, 0.2) is 5.65 Å².